The number of hydrogen-bond donors (Lipinski definition) is 1. The molecule has 0 spiro atoms. The van der Waals surface area contributed by atoms with Crippen molar-refractivity contribution in [3.8, 4) is 0 Å². The molecule has 1 aromatic heterocycles. The molecule has 0 fully saturated rings. The van der Waals surface area contributed by atoms with E-state index in [1.165, 1.54) is 0 Å². The molecule has 98 valence electrons. The summed E-state index contributed by atoms with van der Waals surface area (Å²) in [4.78, 5) is 17.8. The molecule has 1 N–H and O–H groups in total. The summed E-state index contributed by atoms with van der Waals surface area (Å²) in [6.45, 7) is 0.809. The van der Waals surface area contributed by atoms with Crippen LogP contribution >= 0.6 is 0 Å². The topological polar surface area (TPSA) is 45.2 Å². The van der Waals surface area contributed by atoms with Crippen LogP contribution in [0.3, 0.4) is 0 Å². The molecule has 1 aromatic carbocycles. The van der Waals surface area contributed by atoms with E-state index in [2.05, 4.69) is 10.3 Å². The molecule has 0 aliphatic carbocycles. The number of carbonyl (C=O) groups is 1. The number of para-hydroxylation sites is 1. The smallest absolute Gasteiger partial charge is 0.241 e. The summed E-state index contributed by atoms with van der Waals surface area (Å²) in [6.07, 6.45) is 1.73. The van der Waals surface area contributed by atoms with Crippen molar-refractivity contribution in [2.75, 3.05) is 18.9 Å². The van der Waals surface area contributed by atoms with Crippen molar-refractivity contribution in [2.24, 2.45) is 0 Å². The van der Waals surface area contributed by atoms with E-state index in [4.69, 9.17) is 0 Å². The van der Waals surface area contributed by atoms with E-state index in [0.717, 1.165) is 11.4 Å². The monoisotopic (exact) mass is 255 g/mol. The Morgan fingerprint density at radius 2 is 1.89 bits per heavy atom. The van der Waals surface area contributed by atoms with E-state index in [1.807, 2.05) is 48.5 Å². The van der Waals surface area contributed by atoms with Crippen LogP contribution in [0.1, 0.15) is 5.69 Å². The molecule has 0 saturated carbocycles. The fourth-order valence-electron chi connectivity index (χ4n) is 1.69. The Bertz CT molecular complexity index is 513. The van der Waals surface area contributed by atoms with Gasteiger partial charge in [-0.25, -0.2) is 0 Å². The molecule has 4 heteroatoms. The Labute approximate surface area is 113 Å². The Kier molecular flexibility index (Phi) is 4.50. The second kappa shape index (κ2) is 6.54. The molecule has 0 radical (unpaired) electrons. The molecule has 4 nitrogen and oxygen atoms in total. The number of amides is 1. The molecular weight excluding hydrogens is 238 g/mol. The lowest BCUT2D eigenvalue weighted by Gasteiger charge is -2.17. The van der Waals surface area contributed by atoms with Gasteiger partial charge in [0.1, 0.15) is 0 Å². The average Bonchev–Trinajstić information content (AvgIpc) is 2.47. The number of carbonyl (C=O) groups excluding carboxylic acids is 1. The molecular formula is C15H17N3O. The predicted molar refractivity (Wildman–Crippen MR) is 75.6 cm³/mol. The van der Waals surface area contributed by atoms with Crippen molar-refractivity contribution in [3.05, 3.63) is 60.4 Å². The van der Waals surface area contributed by atoms with Crippen LogP contribution in [0.5, 0.6) is 0 Å². The molecule has 0 unspecified atom stereocenters. The van der Waals surface area contributed by atoms with Crippen molar-refractivity contribution in [1.82, 2.24) is 9.88 Å². The summed E-state index contributed by atoms with van der Waals surface area (Å²) >= 11 is 0. The van der Waals surface area contributed by atoms with E-state index in [0.29, 0.717) is 6.54 Å². The highest BCUT2D eigenvalue weighted by atomic mass is 16.2. The van der Waals surface area contributed by atoms with Gasteiger partial charge in [-0.05, 0) is 24.3 Å². The van der Waals surface area contributed by atoms with Crippen LogP contribution < -0.4 is 5.32 Å². The van der Waals surface area contributed by atoms with Crippen LogP contribution in [0.2, 0.25) is 0 Å². The lowest BCUT2D eigenvalue weighted by atomic mass is 10.3. The molecule has 0 atom stereocenters. The van der Waals surface area contributed by atoms with E-state index >= 15 is 0 Å². The first-order valence-corrected chi connectivity index (χ1v) is 6.18. The molecule has 1 amide bonds. The highest BCUT2D eigenvalue weighted by Gasteiger charge is 2.09. The Balaban J connectivity index is 1.83. The van der Waals surface area contributed by atoms with Gasteiger partial charge in [0.2, 0.25) is 5.91 Å². The SMILES string of the molecule is CN(Cc1ccccn1)C(=O)CNc1ccccc1. The van der Waals surface area contributed by atoms with E-state index in [-0.39, 0.29) is 12.5 Å². The maximum Gasteiger partial charge on any atom is 0.241 e. The molecule has 0 aliphatic rings. The number of hydrogen-bond acceptors (Lipinski definition) is 3. The van der Waals surface area contributed by atoms with Gasteiger partial charge in [-0.2, -0.15) is 0 Å². The third-order valence-corrected chi connectivity index (χ3v) is 2.77. The summed E-state index contributed by atoms with van der Waals surface area (Å²) in [5.41, 5.74) is 1.83. The van der Waals surface area contributed by atoms with Crippen LogP contribution in [-0.4, -0.2) is 29.4 Å². The van der Waals surface area contributed by atoms with Crippen molar-refractivity contribution in [1.29, 1.82) is 0 Å². The molecule has 19 heavy (non-hydrogen) atoms. The highest BCUT2D eigenvalue weighted by Crippen LogP contribution is 2.05. The molecule has 1 heterocycles. The number of nitrogens with one attached hydrogen (secondary N) is 1. The number of likely N-dealkylation sites (N-methyl/N-ethyl adjacent to an activating group) is 1. The van der Waals surface area contributed by atoms with Crippen molar-refractivity contribution < 1.29 is 4.79 Å². The number of anilines is 1. The highest BCUT2D eigenvalue weighted by molar-refractivity contribution is 5.80. The quantitative estimate of drug-likeness (QED) is 0.890. The zero-order valence-corrected chi connectivity index (χ0v) is 10.9. The van der Waals surface area contributed by atoms with Crippen LogP contribution in [0.15, 0.2) is 54.7 Å². The van der Waals surface area contributed by atoms with Gasteiger partial charge in [-0.1, -0.05) is 24.3 Å². The molecule has 2 aromatic rings. The molecule has 2 rings (SSSR count). The van der Waals surface area contributed by atoms with Gasteiger partial charge in [-0.15, -0.1) is 0 Å². The Hall–Kier alpha value is -2.36. The van der Waals surface area contributed by atoms with Gasteiger partial charge in [-0.3, -0.25) is 9.78 Å². The first-order valence-electron chi connectivity index (χ1n) is 6.18. The van der Waals surface area contributed by atoms with E-state index in [1.54, 1.807) is 18.1 Å². The molecule has 0 aliphatic heterocycles. The lowest BCUT2D eigenvalue weighted by molar-refractivity contribution is -0.128. The first-order chi connectivity index (χ1) is 9.25. The first kappa shape index (κ1) is 13.1. The number of aromatic nitrogens is 1. The van der Waals surface area contributed by atoms with Crippen molar-refractivity contribution in [2.45, 2.75) is 6.54 Å². The summed E-state index contributed by atoms with van der Waals surface area (Å²) in [7, 11) is 1.78. The van der Waals surface area contributed by atoms with Gasteiger partial charge < -0.3 is 10.2 Å². The average molecular weight is 255 g/mol. The third kappa shape index (κ3) is 4.10. The minimum Gasteiger partial charge on any atom is -0.376 e. The zero-order chi connectivity index (χ0) is 13.5. The van der Waals surface area contributed by atoms with E-state index < -0.39 is 0 Å². The summed E-state index contributed by atoms with van der Waals surface area (Å²) in [5.74, 6) is 0.0366. The lowest BCUT2D eigenvalue weighted by Crippen LogP contribution is -2.32. The summed E-state index contributed by atoms with van der Waals surface area (Å²) < 4.78 is 0. The van der Waals surface area contributed by atoms with Crippen LogP contribution in [-0.2, 0) is 11.3 Å². The fraction of sp³-hybridized carbons (Fsp3) is 0.200. The standard InChI is InChI=1S/C15H17N3O/c1-18(12-14-9-5-6-10-16-14)15(19)11-17-13-7-3-2-4-8-13/h2-10,17H,11-12H2,1H3. The minimum absolute atomic E-state index is 0.0366. The van der Waals surface area contributed by atoms with Crippen LogP contribution in [0, 0.1) is 0 Å². The van der Waals surface area contributed by atoms with Gasteiger partial charge >= 0.3 is 0 Å². The fourth-order valence-corrected chi connectivity index (χ4v) is 1.69. The second-order valence-electron chi connectivity index (χ2n) is 4.29. The van der Waals surface area contributed by atoms with Crippen LogP contribution in [0.4, 0.5) is 5.69 Å². The molecule has 0 saturated heterocycles. The maximum atomic E-state index is 12.0. The van der Waals surface area contributed by atoms with Gasteiger partial charge in [0.05, 0.1) is 18.8 Å². The second-order valence-corrected chi connectivity index (χ2v) is 4.29. The zero-order valence-electron chi connectivity index (χ0n) is 10.9. The largest absolute Gasteiger partial charge is 0.376 e. The summed E-state index contributed by atoms with van der Waals surface area (Å²) in [6, 6.07) is 15.4. The Morgan fingerprint density at radius 1 is 1.16 bits per heavy atom. The maximum absolute atomic E-state index is 12.0. The van der Waals surface area contributed by atoms with Crippen molar-refractivity contribution in [3.63, 3.8) is 0 Å². The third-order valence-electron chi connectivity index (χ3n) is 2.77. The van der Waals surface area contributed by atoms with Gasteiger partial charge in [0, 0.05) is 18.9 Å². The minimum atomic E-state index is 0.0366. The number of pyridine rings is 1. The molecule has 0 bridgehead atoms. The number of nitrogens with zero attached hydrogens (tertiary/aromatic N) is 2. The summed E-state index contributed by atoms with van der Waals surface area (Å²) in [5, 5.41) is 3.10. The van der Waals surface area contributed by atoms with Crippen molar-refractivity contribution >= 4 is 11.6 Å². The van der Waals surface area contributed by atoms with Crippen LogP contribution in [0.25, 0.3) is 0 Å². The normalized spacial score (nSPS) is 9.95. The Morgan fingerprint density at radius 3 is 2.58 bits per heavy atom. The number of rotatable bonds is 5. The predicted octanol–water partition coefficient (Wildman–Crippen LogP) is 2.15. The van der Waals surface area contributed by atoms with E-state index in [9.17, 15) is 4.79 Å². The van der Waals surface area contributed by atoms with Gasteiger partial charge in [0.15, 0.2) is 0 Å². The van der Waals surface area contributed by atoms with Gasteiger partial charge in [0.25, 0.3) is 0 Å². The number of benzene rings is 1.